The number of rotatable bonds is 7. The lowest BCUT2D eigenvalue weighted by molar-refractivity contribution is 0.183. The van der Waals surface area contributed by atoms with Crippen molar-refractivity contribution in [3.63, 3.8) is 0 Å². The Morgan fingerprint density at radius 2 is 1.95 bits per heavy atom. The standard InChI is InChI=1S/C16H28N2O/c1-4-18(14-7-5-6-8-14)12-16-10-9-15(19-16)11-17-13(2)3/h9-10,13-14,17H,4-8,11-12H2,1-3H3. The molecule has 1 aromatic heterocycles. The maximum absolute atomic E-state index is 5.92. The summed E-state index contributed by atoms with van der Waals surface area (Å²) in [6.45, 7) is 9.47. The summed E-state index contributed by atoms with van der Waals surface area (Å²) in [5.41, 5.74) is 0. The summed E-state index contributed by atoms with van der Waals surface area (Å²) in [6.07, 6.45) is 5.50. The molecule has 0 radical (unpaired) electrons. The van der Waals surface area contributed by atoms with E-state index in [0.717, 1.165) is 37.2 Å². The highest BCUT2D eigenvalue weighted by molar-refractivity contribution is 5.07. The largest absolute Gasteiger partial charge is 0.463 e. The quantitative estimate of drug-likeness (QED) is 0.816. The molecule has 1 heterocycles. The molecular weight excluding hydrogens is 236 g/mol. The van der Waals surface area contributed by atoms with Crippen LogP contribution in [-0.2, 0) is 13.1 Å². The smallest absolute Gasteiger partial charge is 0.118 e. The summed E-state index contributed by atoms with van der Waals surface area (Å²) in [7, 11) is 0. The second-order valence-electron chi connectivity index (χ2n) is 5.90. The molecule has 0 spiro atoms. The minimum absolute atomic E-state index is 0.499. The van der Waals surface area contributed by atoms with Crippen LogP contribution < -0.4 is 5.32 Å². The lowest BCUT2D eigenvalue weighted by Gasteiger charge is -2.26. The van der Waals surface area contributed by atoms with Gasteiger partial charge >= 0.3 is 0 Å². The third kappa shape index (κ3) is 4.36. The lowest BCUT2D eigenvalue weighted by Crippen LogP contribution is -2.32. The molecule has 0 atom stereocenters. The van der Waals surface area contributed by atoms with Crippen molar-refractivity contribution in [3.8, 4) is 0 Å². The van der Waals surface area contributed by atoms with Gasteiger partial charge in [0.1, 0.15) is 11.5 Å². The predicted molar refractivity (Wildman–Crippen MR) is 79.0 cm³/mol. The minimum Gasteiger partial charge on any atom is -0.463 e. The molecule has 3 nitrogen and oxygen atoms in total. The molecule has 0 bridgehead atoms. The summed E-state index contributed by atoms with van der Waals surface area (Å²) in [5.74, 6) is 2.15. The molecule has 1 N–H and O–H groups in total. The van der Waals surface area contributed by atoms with Gasteiger partial charge in [-0.15, -0.1) is 0 Å². The van der Waals surface area contributed by atoms with E-state index in [1.807, 2.05) is 0 Å². The van der Waals surface area contributed by atoms with Gasteiger partial charge in [0.05, 0.1) is 13.1 Å². The van der Waals surface area contributed by atoms with Gasteiger partial charge in [-0.2, -0.15) is 0 Å². The van der Waals surface area contributed by atoms with Crippen LogP contribution in [0.2, 0.25) is 0 Å². The van der Waals surface area contributed by atoms with Crippen molar-refractivity contribution in [2.75, 3.05) is 6.54 Å². The van der Waals surface area contributed by atoms with Crippen molar-refractivity contribution >= 4 is 0 Å². The fourth-order valence-electron chi connectivity index (χ4n) is 2.88. The highest BCUT2D eigenvalue weighted by Crippen LogP contribution is 2.25. The van der Waals surface area contributed by atoms with E-state index in [0.29, 0.717) is 6.04 Å². The zero-order valence-corrected chi connectivity index (χ0v) is 12.6. The fourth-order valence-corrected chi connectivity index (χ4v) is 2.88. The normalized spacial score (nSPS) is 16.9. The topological polar surface area (TPSA) is 28.4 Å². The second-order valence-corrected chi connectivity index (χ2v) is 5.90. The predicted octanol–water partition coefficient (Wildman–Crippen LogP) is 3.54. The molecule has 0 saturated heterocycles. The maximum atomic E-state index is 5.92. The first-order valence-corrected chi connectivity index (χ1v) is 7.74. The zero-order chi connectivity index (χ0) is 13.7. The Hall–Kier alpha value is -0.800. The van der Waals surface area contributed by atoms with Gasteiger partial charge < -0.3 is 9.73 Å². The maximum Gasteiger partial charge on any atom is 0.118 e. The molecule has 0 aromatic carbocycles. The Morgan fingerprint density at radius 1 is 1.26 bits per heavy atom. The van der Waals surface area contributed by atoms with Crippen molar-refractivity contribution in [1.82, 2.24) is 10.2 Å². The molecule has 0 unspecified atom stereocenters. The molecule has 108 valence electrons. The highest BCUT2D eigenvalue weighted by atomic mass is 16.3. The van der Waals surface area contributed by atoms with Crippen LogP contribution >= 0.6 is 0 Å². The first kappa shape index (κ1) is 14.6. The lowest BCUT2D eigenvalue weighted by atomic mass is 10.2. The van der Waals surface area contributed by atoms with E-state index in [1.165, 1.54) is 25.7 Å². The Bertz CT molecular complexity index is 367. The number of furan rings is 1. The van der Waals surface area contributed by atoms with Crippen LogP contribution in [-0.4, -0.2) is 23.5 Å². The SMILES string of the molecule is CCN(Cc1ccc(CNC(C)C)o1)C1CCCC1. The number of nitrogens with zero attached hydrogens (tertiary/aromatic N) is 1. The van der Waals surface area contributed by atoms with Gasteiger partial charge in [-0.1, -0.05) is 33.6 Å². The van der Waals surface area contributed by atoms with Crippen molar-refractivity contribution < 1.29 is 4.42 Å². The van der Waals surface area contributed by atoms with Crippen molar-refractivity contribution in [2.45, 2.75) is 71.6 Å². The molecule has 0 aliphatic heterocycles. The van der Waals surface area contributed by atoms with E-state index in [2.05, 4.69) is 43.1 Å². The number of nitrogens with one attached hydrogen (secondary N) is 1. The highest BCUT2D eigenvalue weighted by Gasteiger charge is 2.22. The summed E-state index contributed by atoms with van der Waals surface area (Å²) in [6, 6.07) is 5.51. The molecule has 1 aromatic rings. The first-order valence-electron chi connectivity index (χ1n) is 7.74. The van der Waals surface area contributed by atoms with E-state index in [4.69, 9.17) is 4.42 Å². The van der Waals surface area contributed by atoms with Crippen molar-refractivity contribution in [3.05, 3.63) is 23.7 Å². The van der Waals surface area contributed by atoms with Crippen LogP contribution in [0, 0.1) is 0 Å². The number of hydrogen-bond donors (Lipinski definition) is 1. The molecule has 2 rings (SSSR count). The van der Waals surface area contributed by atoms with Crippen LogP contribution in [0.3, 0.4) is 0 Å². The third-order valence-electron chi connectivity index (χ3n) is 4.01. The third-order valence-corrected chi connectivity index (χ3v) is 4.01. The van der Waals surface area contributed by atoms with Crippen LogP contribution in [0.25, 0.3) is 0 Å². The molecule has 1 saturated carbocycles. The van der Waals surface area contributed by atoms with Crippen LogP contribution in [0.5, 0.6) is 0 Å². The van der Waals surface area contributed by atoms with Gasteiger partial charge in [0.25, 0.3) is 0 Å². The monoisotopic (exact) mass is 264 g/mol. The Kier molecular flexibility index (Phi) is 5.46. The van der Waals surface area contributed by atoms with Crippen LogP contribution in [0.15, 0.2) is 16.5 Å². The molecule has 0 amide bonds. The van der Waals surface area contributed by atoms with Crippen LogP contribution in [0.1, 0.15) is 58.0 Å². The average molecular weight is 264 g/mol. The van der Waals surface area contributed by atoms with Gasteiger partial charge in [0, 0.05) is 12.1 Å². The van der Waals surface area contributed by atoms with Gasteiger partial charge in [0.2, 0.25) is 0 Å². The molecule has 19 heavy (non-hydrogen) atoms. The first-order chi connectivity index (χ1) is 9.19. The summed E-state index contributed by atoms with van der Waals surface area (Å²) in [4.78, 5) is 2.56. The van der Waals surface area contributed by atoms with Gasteiger partial charge in [-0.3, -0.25) is 4.90 Å². The van der Waals surface area contributed by atoms with Gasteiger partial charge in [-0.25, -0.2) is 0 Å². The fraction of sp³-hybridized carbons (Fsp3) is 0.750. The minimum atomic E-state index is 0.499. The van der Waals surface area contributed by atoms with E-state index < -0.39 is 0 Å². The second kappa shape index (κ2) is 7.11. The van der Waals surface area contributed by atoms with E-state index in [-0.39, 0.29) is 0 Å². The van der Waals surface area contributed by atoms with E-state index in [9.17, 15) is 0 Å². The summed E-state index contributed by atoms with van der Waals surface area (Å²) < 4.78 is 5.92. The van der Waals surface area contributed by atoms with E-state index in [1.54, 1.807) is 0 Å². The molecule has 1 fully saturated rings. The van der Waals surface area contributed by atoms with Gasteiger partial charge in [0.15, 0.2) is 0 Å². The molecule has 1 aliphatic carbocycles. The summed E-state index contributed by atoms with van der Waals surface area (Å²) >= 11 is 0. The Morgan fingerprint density at radius 3 is 2.58 bits per heavy atom. The molecular formula is C16H28N2O. The molecule has 1 aliphatic rings. The van der Waals surface area contributed by atoms with Crippen LogP contribution in [0.4, 0.5) is 0 Å². The average Bonchev–Trinajstić information content (AvgIpc) is 3.05. The number of hydrogen-bond acceptors (Lipinski definition) is 3. The van der Waals surface area contributed by atoms with Gasteiger partial charge in [-0.05, 0) is 31.5 Å². The summed E-state index contributed by atoms with van der Waals surface area (Å²) in [5, 5.41) is 3.39. The van der Waals surface area contributed by atoms with Crippen molar-refractivity contribution in [2.24, 2.45) is 0 Å². The Labute approximate surface area is 117 Å². The van der Waals surface area contributed by atoms with E-state index >= 15 is 0 Å². The Balaban J connectivity index is 1.87. The van der Waals surface area contributed by atoms with Crippen molar-refractivity contribution in [1.29, 1.82) is 0 Å². The zero-order valence-electron chi connectivity index (χ0n) is 12.6. The molecule has 3 heteroatoms.